The van der Waals surface area contributed by atoms with E-state index in [1.807, 2.05) is 42.2 Å². The van der Waals surface area contributed by atoms with Gasteiger partial charge in [0.2, 0.25) is 11.8 Å². The van der Waals surface area contributed by atoms with Crippen molar-refractivity contribution in [3.8, 4) is 0 Å². The number of ether oxygens (including phenoxy) is 1. The van der Waals surface area contributed by atoms with Crippen molar-refractivity contribution in [3.63, 3.8) is 0 Å². The number of rotatable bonds is 9. The van der Waals surface area contributed by atoms with Gasteiger partial charge in [0.1, 0.15) is 0 Å². The Hall–Kier alpha value is -2.16. The summed E-state index contributed by atoms with van der Waals surface area (Å²) < 4.78 is 5.41. The van der Waals surface area contributed by atoms with Crippen LogP contribution in [0.15, 0.2) is 48.5 Å². The SMILES string of the molecule is COCC1CN(C(C(N)=O)C(C)c2cccc(Cl)c2)CCN1C(=O)C(N)Cc1ccc(Cl)cc1. The third-order valence-corrected chi connectivity index (χ3v) is 6.86. The van der Waals surface area contributed by atoms with Gasteiger partial charge >= 0.3 is 0 Å². The maximum atomic E-state index is 13.3. The van der Waals surface area contributed by atoms with Crippen molar-refractivity contribution in [1.29, 1.82) is 0 Å². The van der Waals surface area contributed by atoms with E-state index in [2.05, 4.69) is 0 Å². The minimum Gasteiger partial charge on any atom is -0.382 e. The third kappa shape index (κ3) is 6.49. The highest BCUT2D eigenvalue weighted by Gasteiger charge is 2.39. The number of carbonyl (C=O) groups excluding carboxylic acids is 2. The van der Waals surface area contributed by atoms with Crippen molar-refractivity contribution in [3.05, 3.63) is 69.7 Å². The number of primary amides is 1. The molecule has 0 bridgehead atoms. The zero-order chi connectivity index (χ0) is 24.8. The van der Waals surface area contributed by atoms with Gasteiger partial charge in [-0.05, 0) is 41.8 Å². The molecule has 184 valence electrons. The van der Waals surface area contributed by atoms with Crippen LogP contribution in [0.25, 0.3) is 0 Å². The molecule has 1 heterocycles. The quantitative estimate of drug-likeness (QED) is 0.544. The molecule has 1 saturated heterocycles. The molecule has 1 aliphatic rings. The molecule has 0 spiro atoms. The first-order valence-electron chi connectivity index (χ1n) is 11.3. The van der Waals surface area contributed by atoms with Crippen molar-refractivity contribution in [1.82, 2.24) is 9.80 Å². The number of hydrogen-bond donors (Lipinski definition) is 2. The van der Waals surface area contributed by atoms with Crippen molar-refractivity contribution in [2.75, 3.05) is 33.4 Å². The minimum absolute atomic E-state index is 0.143. The molecule has 7 nitrogen and oxygen atoms in total. The number of nitrogens with two attached hydrogens (primary N) is 2. The van der Waals surface area contributed by atoms with Crippen LogP contribution in [0.5, 0.6) is 0 Å². The van der Waals surface area contributed by atoms with Crippen molar-refractivity contribution >= 4 is 35.0 Å². The van der Waals surface area contributed by atoms with E-state index < -0.39 is 18.0 Å². The summed E-state index contributed by atoms with van der Waals surface area (Å²) in [5.41, 5.74) is 14.0. The van der Waals surface area contributed by atoms with E-state index >= 15 is 0 Å². The van der Waals surface area contributed by atoms with Crippen LogP contribution in [-0.2, 0) is 20.7 Å². The Labute approximate surface area is 210 Å². The maximum Gasteiger partial charge on any atom is 0.240 e. The average Bonchev–Trinajstić information content (AvgIpc) is 2.80. The summed E-state index contributed by atoms with van der Waals surface area (Å²) in [6.07, 6.45) is 0.408. The lowest BCUT2D eigenvalue weighted by Crippen LogP contribution is -2.63. The van der Waals surface area contributed by atoms with Gasteiger partial charge in [-0.3, -0.25) is 14.5 Å². The third-order valence-electron chi connectivity index (χ3n) is 6.38. The van der Waals surface area contributed by atoms with Crippen molar-refractivity contribution in [2.24, 2.45) is 11.5 Å². The van der Waals surface area contributed by atoms with Crippen LogP contribution in [0.3, 0.4) is 0 Å². The monoisotopic (exact) mass is 506 g/mol. The molecule has 0 aromatic heterocycles. The highest BCUT2D eigenvalue weighted by atomic mass is 35.5. The summed E-state index contributed by atoms with van der Waals surface area (Å²) in [6.45, 7) is 3.66. The number of piperazine rings is 1. The Balaban J connectivity index is 1.73. The van der Waals surface area contributed by atoms with Crippen LogP contribution in [0.2, 0.25) is 10.0 Å². The normalized spacial score (nSPS) is 19.4. The standard InChI is InChI=1S/C25H32Cl2N4O3/c1-16(18-4-3-5-20(27)13-18)23(24(29)32)30-10-11-31(21(14-30)15-34-2)25(33)22(28)12-17-6-8-19(26)9-7-17/h3-9,13,16,21-23H,10-12,14-15,28H2,1-2H3,(H2,29,32). The maximum absolute atomic E-state index is 13.3. The van der Waals surface area contributed by atoms with E-state index in [-0.39, 0.29) is 17.9 Å². The molecule has 4 atom stereocenters. The molecule has 0 aliphatic carbocycles. The second-order valence-electron chi connectivity index (χ2n) is 8.76. The summed E-state index contributed by atoms with van der Waals surface area (Å²) in [7, 11) is 1.59. The van der Waals surface area contributed by atoms with Gasteiger partial charge < -0.3 is 21.1 Å². The number of benzene rings is 2. The summed E-state index contributed by atoms with van der Waals surface area (Å²) in [5, 5.41) is 1.24. The Morgan fingerprint density at radius 2 is 1.82 bits per heavy atom. The van der Waals surface area contributed by atoms with Gasteiger partial charge in [0, 0.05) is 42.7 Å². The lowest BCUT2D eigenvalue weighted by atomic mass is 9.90. The molecule has 2 aromatic rings. The number of amides is 2. The van der Waals surface area contributed by atoms with E-state index in [4.69, 9.17) is 39.4 Å². The zero-order valence-corrected chi connectivity index (χ0v) is 21.0. The lowest BCUT2D eigenvalue weighted by Gasteiger charge is -2.45. The molecule has 0 radical (unpaired) electrons. The number of methoxy groups -OCH3 is 1. The second-order valence-corrected chi connectivity index (χ2v) is 9.64. The van der Waals surface area contributed by atoms with Crippen LogP contribution in [0, 0.1) is 0 Å². The number of nitrogens with zero attached hydrogens (tertiary/aromatic N) is 2. The average molecular weight is 507 g/mol. The lowest BCUT2D eigenvalue weighted by molar-refractivity contribution is -0.141. The van der Waals surface area contributed by atoms with Gasteiger partial charge in [0.05, 0.1) is 24.7 Å². The fourth-order valence-electron chi connectivity index (χ4n) is 4.65. The predicted octanol–water partition coefficient (Wildman–Crippen LogP) is 2.68. The van der Waals surface area contributed by atoms with Crippen LogP contribution in [0.4, 0.5) is 0 Å². The van der Waals surface area contributed by atoms with Gasteiger partial charge in [-0.1, -0.05) is 54.4 Å². The summed E-state index contributed by atoms with van der Waals surface area (Å²) in [4.78, 5) is 29.6. The molecule has 1 aliphatic heterocycles. The fourth-order valence-corrected chi connectivity index (χ4v) is 4.97. The molecule has 34 heavy (non-hydrogen) atoms. The van der Waals surface area contributed by atoms with Gasteiger partial charge in [-0.2, -0.15) is 0 Å². The number of halogens is 2. The molecule has 2 amide bonds. The second kappa shape index (κ2) is 12.0. The first-order chi connectivity index (χ1) is 16.2. The molecule has 9 heteroatoms. The zero-order valence-electron chi connectivity index (χ0n) is 19.5. The van der Waals surface area contributed by atoms with E-state index in [9.17, 15) is 9.59 Å². The summed E-state index contributed by atoms with van der Waals surface area (Å²) >= 11 is 12.1. The Bertz CT molecular complexity index is 988. The van der Waals surface area contributed by atoms with Crippen LogP contribution in [-0.4, -0.2) is 73.1 Å². The Kier molecular flexibility index (Phi) is 9.33. The minimum atomic E-state index is -0.690. The van der Waals surface area contributed by atoms with Crippen molar-refractivity contribution in [2.45, 2.75) is 37.4 Å². The van der Waals surface area contributed by atoms with E-state index in [0.717, 1.165) is 11.1 Å². The molecule has 2 aromatic carbocycles. The first kappa shape index (κ1) is 26.4. The van der Waals surface area contributed by atoms with Crippen LogP contribution < -0.4 is 11.5 Å². The van der Waals surface area contributed by atoms with Gasteiger partial charge in [-0.25, -0.2) is 0 Å². The Morgan fingerprint density at radius 1 is 1.12 bits per heavy atom. The van der Waals surface area contributed by atoms with E-state index in [1.165, 1.54) is 0 Å². The van der Waals surface area contributed by atoms with E-state index in [1.54, 1.807) is 30.2 Å². The number of carbonyl (C=O) groups is 2. The number of hydrogen-bond acceptors (Lipinski definition) is 5. The molecule has 4 N–H and O–H groups in total. The molecule has 0 saturated carbocycles. The molecule has 1 fully saturated rings. The topological polar surface area (TPSA) is 102 Å². The van der Waals surface area contributed by atoms with E-state index in [0.29, 0.717) is 42.7 Å². The highest BCUT2D eigenvalue weighted by Crippen LogP contribution is 2.27. The smallest absolute Gasteiger partial charge is 0.240 e. The fraction of sp³-hybridized carbons (Fsp3) is 0.440. The molecule has 3 rings (SSSR count). The Morgan fingerprint density at radius 3 is 2.44 bits per heavy atom. The van der Waals surface area contributed by atoms with Gasteiger partial charge in [0.25, 0.3) is 0 Å². The largest absolute Gasteiger partial charge is 0.382 e. The van der Waals surface area contributed by atoms with Crippen LogP contribution >= 0.6 is 23.2 Å². The van der Waals surface area contributed by atoms with Gasteiger partial charge in [-0.15, -0.1) is 0 Å². The van der Waals surface area contributed by atoms with Crippen molar-refractivity contribution < 1.29 is 14.3 Å². The van der Waals surface area contributed by atoms with Crippen LogP contribution in [0.1, 0.15) is 24.0 Å². The first-order valence-corrected chi connectivity index (χ1v) is 12.0. The predicted molar refractivity (Wildman–Crippen MR) is 135 cm³/mol. The van der Waals surface area contributed by atoms with Gasteiger partial charge in [0.15, 0.2) is 0 Å². The molecular formula is C25H32Cl2N4O3. The highest BCUT2D eigenvalue weighted by molar-refractivity contribution is 6.30. The molecule has 4 unspecified atom stereocenters. The summed E-state index contributed by atoms with van der Waals surface area (Å²) in [5.74, 6) is -0.730. The summed E-state index contributed by atoms with van der Waals surface area (Å²) in [6, 6.07) is 13.3. The molecular weight excluding hydrogens is 475 g/mol.